The van der Waals surface area contributed by atoms with Crippen LogP contribution in [-0.2, 0) is 9.71 Å². The first kappa shape index (κ1) is 17.1. The Morgan fingerprint density at radius 1 is 1.46 bits per heavy atom. The highest BCUT2D eigenvalue weighted by Gasteiger charge is 2.28. The van der Waals surface area contributed by atoms with E-state index >= 15 is 0 Å². The number of fused-ring (bicyclic) bond motifs is 1. The van der Waals surface area contributed by atoms with Crippen LogP contribution in [0.25, 0.3) is 10.2 Å². The molecule has 130 valence electrons. The van der Waals surface area contributed by atoms with Crippen molar-refractivity contribution in [2.24, 2.45) is 0 Å². The smallest absolute Gasteiger partial charge is 0.263 e. The lowest BCUT2D eigenvalue weighted by Gasteiger charge is -2.17. The number of nitrogens with two attached hydrogens (primary N) is 1. The van der Waals surface area contributed by atoms with Gasteiger partial charge < -0.3 is 11.1 Å². The van der Waals surface area contributed by atoms with Gasteiger partial charge in [-0.15, -0.1) is 16.4 Å². The molecule has 2 aromatic rings. The molecule has 0 saturated carbocycles. The van der Waals surface area contributed by atoms with Crippen molar-refractivity contribution in [3.05, 3.63) is 16.1 Å². The molecular formula is C15H21N5O2S2. The molecule has 1 fully saturated rings. The molecule has 0 radical (unpaired) electrons. The summed E-state index contributed by atoms with van der Waals surface area (Å²) in [5.74, 6) is 3.48. The lowest BCUT2D eigenvalue weighted by Crippen LogP contribution is -2.38. The number of hydrogen-bond donors (Lipinski definition) is 2. The van der Waals surface area contributed by atoms with E-state index in [2.05, 4.69) is 21.4 Å². The SMILES string of the molecule is C=S(C)(=O)N1CC[C@@H](NC(=O)c2sc3nnc(C)c(C)c3c2N)C1. The normalized spacial score (nSPS) is 21.0. The third kappa shape index (κ3) is 2.99. The van der Waals surface area contributed by atoms with Gasteiger partial charge in [0.1, 0.15) is 9.71 Å². The van der Waals surface area contributed by atoms with Gasteiger partial charge in [-0.25, -0.2) is 4.31 Å². The molecule has 3 rings (SSSR count). The Kier molecular flexibility index (Phi) is 4.27. The van der Waals surface area contributed by atoms with Crippen molar-refractivity contribution in [2.75, 3.05) is 25.1 Å². The number of hydrogen-bond acceptors (Lipinski definition) is 6. The maximum absolute atomic E-state index is 12.6. The minimum atomic E-state index is -2.23. The Bertz CT molecular complexity index is 920. The zero-order valence-electron chi connectivity index (χ0n) is 14.0. The number of carbonyl (C=O) groups excluding carboxylic acids is 1. The van der Waals surface area contributed by atoms with Crippen LogP contribution < -0.4 is 11.1 Å². The lowest BCUT2D eigenvalue weighted by molar-refractivity contribution is 0.0944. The maximum Gasteiger partial charge on any atom is 0.263 e. The van der Waals surface area contributed by atoms with Gasteiger partial charge in [0.05, 0.1) is 11.4 Å². The Hall–Kier alpha value is -1.71. The molecule has 0 spiro atoms. The number of rotatable bonds is 3. The molecule has 0 bridgehead atoms. The van der Waals surface area contributed by atoms with Crippen LogP contribution in [0.3, 0.4) is 0 Å². The van der Waals surface area contributed by atoms with Crippen LogP contribution in [-0.4, -0.2) is 55.9 Å². The third-order valence-corrected chi connectivity index (χ3v) is 6.89. The van der Waals surface area contributed by atoms with Crippen LogP contribution in [0.15, 0.2) is 0 Å². The monoisotopic (exact) mass is 367 g/mol. The van der Waals surface area contributed by atoms with Crippen molar-refractivity contribution in [3.63, 3.8) is 0 Å². The number of nitrogens with zero attached hydrogens (tertiary/aromatic N) is 3. The molecule has 9 heteroatoms. The van der Waals surface area contributed by atoms with Crippen LogP contribution in [0, 0.1) is 13.8 Å². The summed E-state index contributed by atoms with van der Waals surface area (Å²) in [5, 5.41) is 12.0. The number of amides is 1. The summed E-state index contributed by atoms with van der Waals surface area (Å²) in [6, 6.07) is -0.0569. The Morgan fingerprint density at radius 3 is 2.79 bits per heavy atom. The number of aromatic nitrogens is 2. The number of anilines is 1. The third-order valence-electron chi connectivity index (χ3n) is 4.37. The fourth-order valence-electron chi connectivity index (χ4n) is 2.86. The van der Waals surface area contributed by atoms with Gasteiger partial charge in [-0.2, -0.15) is 5.10 Å². The first-order chi connectivity index (χ1) is 11.2. The van der Waals surface area contributed by atoms with E-state index < -0.39 is 9.71 Å². The highest BCUT2D eigenvalue weighted by Crippen LogP contribution is 2.34. The molecule has 1 saturated heterocycles. The van der Waals surface area contributed by atoms with Gasteiger partial charge in [0.15, 0.2) is 0 Å². The summed E-state index contributed by atoms with van der Waals surface area (Å²) in [6.07, 6.45) is 2.36. The molecule has 24 heavy (non-hydrogen) atoms. The van der Waals surface area contributed by atoms with Crippen LogP contribution >= 0.6 is 11.3 Å². The summed E-state index contributed by atoms with van der Waals surface area (Å²) in [7, 11) is -2.23. The van der Waals surface area contributed by atoms with E-state index in [0.29, 0.717) is 28.5 Å². The molecule has 1 unspecified atom stereocenters. The van der Waals surface area contributed by atoms with E-state index in [1.165, 1.54) is 11.3 Å². The zero-order valence-corrected chi connectivity index (χ0v) is 15.6. The molecule has 3 heterocycles. The minimum absolute atomic E-state index is 0.0569. The van der Waals surface area contributed by atoms with Gasteiger partial charge in [-0.05, 0) is 31.7 Å². The van der Waals surface area contributed by atoms with Gasteiger partial charge in [0, 0.05) is 40.5 Å². The lowest BCUT2D eigenvalue weighted by atomic mass is 10.1. The van der Waals surface area contributed by atoms with E-state index in [1.54, 1.807) is 6.26 Å². The Balaban J connectivity index is 1.83. The number of nitrogen functional groups attached to an aromatic ring is 1. The second-order valence-electron chi connectivity index (χ2n) is 6.24. The summed E-state index contributed by atoms with van der Waals surface area (Å²) in [4.78, 5) is 13.7. The van der Waals surface area contributed by atoms with Gasteiger partial charge in [0.2, 0.25) is 0 Å². The molecule has 2 aromatic heterocycles. The number of thiophene rings is 1. The van der Waals surface area contributed by atoms with Crippen LogP contribution in [0.2, 0.25) is 0 Å². The fourth-order valence-corrected chi connectivity index (χ4v) is 4.85. The average Bonchev–Trinajstić information content (AvgIpc) is 3.08. The molecule has 7 nitrogen and oxygen atoms in total. The van der Waals surface area contributed by atoms with Gasteiger partial charge in [0.25, 0.3) is 5.91 Å². The van der Waals surface area contributed by atoms with Gasteiger partial charge in [-0.1, -0.05) is 0 Å². The van der Waals surface area contributed by atoms with E-state index in [4.69, 9.17) is 5.73 Å². The largest absolute Gasteiger partial charge is 0.397 e. The van der Waals surface area contributed by atoms with Crippen molar-refractivity contribution >= 4 is 48.7 Å². The molecule has 1 amide bonds. The van der Waals surface area contributed by atoms with E-state index in [9.17, 15) is 9.00 Å². The second-order valence-corrected chi connectivity index (χ2v) is 9.68. The van der Waals surface area contributed by atoms with Crippen LogP contribution in [0.4, 0.5) is 5.69 Å². The van der Waals surface area contributed by atoms with Crippen molar-refractivity contribution in [1.82, 2.24) is 19.8 Å². The summed E-state index contributed by atoms with van der Waals surface area (Å²) >= 11 is 1.25. The molecular weight excluding hydrogens is 346 g/mol. The quantitative estimate of drug-likeness (QED) is 0.787. The van der Waals surface area contributed by atoms with Gasteiger partial charge in [-0.3, -0.25) is 9.00 Å². The standard InChI is InChI=1S/C15H21N5O2S2/c1-8-9(2)18-19-15-11(8)12(16)13(23-15)14(21)17-10-5-6-20(7-10)24(3,4)22/h10H,3,5-7,16H2,1-2,4H3,(H,17,21)/t10-,24?/m1/s1. The maximum atomic E-state index is 12.6. The summed E-state index contributed by atoms with van der Waals surface area (Å²) in [6.45, 7) is 4.99. The first-order valence-electron chi connectivity index (χ1n) is 7.58. The summed E-state index contributed by atoms with van der Waals surface area (Å²) < 4.78 is 13.8. The first-order valence-corrected chi connectivity index (χ1v) is 10.5. The van der Waals surface area contributed by atoms with Crippen LogP contribution in [0.5, 0.6) is 0 Å². The van der Waals surface area contributed by atoms with E-state index in [-0.39, 0.29) is 11.9 Å². The predicted octanol–water partition coefficient (Wildman–Crippen LogP) is 0.956. The molecule has 1 aliphatic rings. The van der Waals surface area contributed by atoms with E-state index in [1.807, 2.05) is 18.2 Å². The van der Waals surface area contributed by atoms with Crippen molar-refractivity contribution in [1.29, 1.82) is 0 Å². The molecule has 1 aliphatic heterocycles. The number of aryl methyl sites for hydroxylation is 2. The van der Waals surface area contributed by atoms with Crippen molar-refractivity contribution in [2.45, 2.75) is 26.3 Å². The van der Waals surface area contributed by atoms with Crippen LogP contribution in [0.1, 0.15) is 27.3 Å². The fraction of sp³-hybridized carbons (Fsp3) is 0.467. The highest BCUT2D eigenvalue weighted by molar-refractivity contribution is 7.97. The number of nitrogens with one attached hydrogen (secondary N) is 1. The minimum Gasteiger partial charge on any atom is -0.397 e. The van der Waals surface area contributed by atoms with Gasteiger partial charge >= 0.3 is 0 Å². The second kappa shape index (κ2) is 5.98. The highest BCUT2D eigenvalue weighted by atomic mass is 32.2. The topological polar surface area (TPSA) is 101 Å². The number of carbonyl (C=O) groups is 1. The van der Waals surface area contributed by atoms with Crippen molar-refractivity contribution in [3.8, 4) is 0 Å². The molecule has 0 aliphatic carbocycles. The Morgan fingerprint density at radius 2 is 2.17 bits per heavy atom. The molecule has 0 aromatic carbocycles. The summed E-state index contributed by atoms with van der Waals surface area (Å²) in [5.41, 5.74) is 8.40. The average molecular weight is 368 g/mol. The van der Waals surface area contributed by atoms with E-state index in [0.717, 1.165) is 23.1 Å². The predicted molar refractivity (Wildman–Crippen MR) is 99.9 cm³/mol. The van der Waals surface area contributed by atoms with Crippen molar-refractivity contribution < 1.29 is 9.00 Å². The molecule has 3 N–H and O–H groups in total. The Labute approximate surface area is 145 Å². The zero-order chi connectivity index (χ0) is 17.6. The molecule has 2 atom stereocenters.